The van der Waals surface area contributed by atoms with E-state index in [9.17, 15) is 31.1 Å². The molecule has 0 aliphatic carbocycles. The first-order chi connectivity index (χ1) is 10.4. The minimum Gasteiger partial charge on any atom is -0.476 e. The molecule has 0 bridgehead atoms. The monoisotopic (exact) mass is 339 g/mol. The van der Waals surface area contributed by atoms with Crippen molar-refractivity contribution >= 4 is 5.97 Å². The maximum absolute atomic E-state index is 12.9. The van der Waals surface area contributed by atoms with E-state index in [2.05, 4.69) is 10.3 Å². The molecule has 0 radical (unpaired) electrons. The molecule has 0 atom stereocenters. The van der Waals surface area contributed by atoms with Gasteiger partial charge < -0.3 is 5.11 Å². The van der Waals surface area contributed by atoms with Gasteiger partial charge in [-0.1, -0.05) is 5.21 Å². The summed E-state index contributed by atoms with van der Waals surface area (Å²) in [6.45, 7) is 1.22. The molecule has 0 fully saturated rings. The third-order valence-electron chi connectivity index (χ3n) is 2.96. The highest BCUT2D eigenvalue weighted by Gasteiger charge is 2.43. The fourth-order valence-electron chi connectivity index (χ4n) is 1.92. The number of benzene rings is 1. The molecule has 11 heteroatoms. The van der Waals surface area contributed by atoms with Crippen molar-refractivity contribution in [2.75, 3.05) is 0 Å². The lowest BCUT2D eigenvalue weighted by Crippen LogP contribution is -2.17. The molecule has 0 saturated carbocycles. The number of halogens is 6. The van der Waals surface area contributed by atoms with Crippen LogP contribution in [0.25, 0.3) is 5.69 Å². The first-order valence-electron chi connectivity index (χ1n) is 5.87. The summed E-state index contributed by atoms with van der Waals surface area (Å²) in [7, 11) is 0. The molecule has 23 heavy (non-hydrogen) atoms. The SMILES string of the molecule is Cc1c(C(=O)O)nnn1-c1ccc(C(F)(F)F)c(C(F)(F)F)c1. The molecule has 0 unspecified atom stereocenters. The molecular formula is C12H7F6N3O2. The molecule has 0 aliphatic heterocycles. The highest BCUT2D eigenvalue weighted by Crippen LogP contribution is 2.41. The normalized spacial score (nSPS) is 12.5. The second-order valence-electron chi connectivity index (χ2n) is 4.47. The lowest BCUT2D eigenvalue weighted by Gasteiger charge is -2.16. The molecule has 1 heterocycles. The highest BCUT2D eigenvalue weighted by molar-refractivity contribution is 5.86. The summed E-state index contributed by atoms with van der Waals surface area (Å²) >= 11 is 0. The Morgan fingerprint density at radius 3 is 2.09 bits per heavy atom. The molecule has 5 nitrogen and oxygen atoms in total. The molecule has 1 aromatic heterocycles. The van der Waals surface area contributed by atoms with Crippen LogP contribution in [0, 0.1) is 6.92 Å². The quantitative estimate of drug-likeness (QED) is 0.853. The van der Waals surface area contributed by atoms with Crippen molar-refractivity contribution in [3.05, 3.63) is 40.7 Å². The first kappa shape index (κ1) is 16.8. The Morgan fingerprint density at radius 1 is 1.09 bits per heavy atom. The van der Waals surface area contributed by atoms with Gasteiger partial charge in [0.25, 0.3) is 0 Å². The van der Waals surface area contributed by atoms with E-state index >= 15 is 0 Å². The van der Waals surface area contributed by atoms with Crippen LogP contribution in [0.4, 0.5) is 26.3 Å². The maximum atomic E-state index is 12.9. The van der Waals surface area contributed by atoms with Crippen molar-refractivity contribution in [1.82, 2.24) is 15.0 Å². The predicted octanol–water partition coefficient (Wildman–Crippen LogP) is 3.31. The molecule has 1 N–H and O–H groups in total. The second kappa shape index (κ2) is 5.25. The van der Waals surface area contributed by atoms with Gasteiger partial charge in [-0.25, -0.2) is 9.48 Å². The summed E-state index contributed by atoms with van der Waals surface area (Å²) in [4.78, 5) is 10.8. The molecule has 0 amide bonds. The third kappa shape index (κ3) is 3.12. The minimum absolute atomic E-state index is 0.120. The molecule has 0 saturated heterocycles. The zero-order valence-corrected chi connectivity index (χ0v) is 11.2. The largest absolute Gasteiger partial charge is 0.476 e. The van der Waals surface area contributed by atoms with Crippen molar-refractivity contribution in [3.8, 4) is 5.69 Å². The maximum Gasteiger partial charge on any atom is 0.417 e. The van der Waals surface area contributed by atoms with Gasteiger partial charge in [0.2, 0.25) is 0 Å². The number of alkyl halides is 6. The van der Waals surface area contributed by atoms with Gasteiger partial charge in [-0.3, -0.25) is 0 Å². The van der Waals surface area contributed by atoms with Crippen molar-refractivity contribution in [2.24, 2.45) is 0 Å². The number of hydrogen-bond acceptors (Lipinski definition) is 3. The number of aromatic carboxylic acids is 1. The molecule has 2 rings (SSSR count). The Balaban J connectivity index is 2.65. The first-order valence-corrected chi connectivity index (χ1v) is 5.87. The van der Waals surface area contributed by atoms with Crippen LogP contribution in [0.15, 0.2) is 18.2 Å². The Hall–Kier alpha value is -2.59. The van der Waals surface area contributed by atoms with E-state index in [1.807, 2.05) is 0 Å². The molecule has 1 aromatic carbocycles. The fraction of sp³-hybridized carbons (Fsp3) is 0.250. The van der Waals surface area contributed by atoms with Crippen LogP contribution >= 0.6 is 0 Å². The van der Waals surface area contributed by atoms with E-state index in [-0.39, 0.29) is 23.5 Å². The second-order valence-corrected chi connectivity index (χ2v) is 4.47. The Morgan fingerprint density at radius 2 is 1.65 bits per heavy atom. The number of nitrogens with zero attached hydrogens (tertiary/aromatic N) is 3. The topological polar surface area (TPSA) is 68.0 Å². The molecule has 124 valence electrons. The van der Waals surface area contributed by atoms with Crippen LogP contribution in [0.3, 0.4) is 0 Å². The van der Waals surface area contributed by atoms with E-state index in [0.717, 1.165) is 10.7 Å². The number of rotatable bonds is 2. The summed E-state index contributed by atoms with van der Waals surface area (Å²) in [5, 5.41) is 15.4. The van der Waals surface area contributed by atoms with Gasteiger partial charge in [0.05, 0.1) is 22.5 Å². The number of hydrogen-bond donors (Lipinski definition) is 1. The van der Waals surface area contributed by atoms with E-state index in [1.54, 1.807) is 0 Å². The summed E-state index contributed by atoms with van der Waals surface area (Å²) in [5.41, 5.74) is -4.76. The summed E-state index contributed by atoms with van der Waals surface area (Å²) in [5.74, 6) is -1.46. The van der Waals surface area contributed by atoms with Crippen LogP contribution in [0.1, 0.15) is 27.3 Å². The van der Waals surface area contributed by atoms with Crippen LogP contribution in [-0.2, 0) is 12.4 Å². The van der Waals surface area contributed by atoms with Crippen LogP contribution < -0.4 is 0 Å². The smallest absolute Gasteiger partial charge is 0.417 e. The standard InChI is InChI=1S/C12H7F6N3O2/c1-5-9(10(22)23)19-20-21(5)6-2-3-7(11(13,14)15)8(4-6)12(16,17)18/h2-4H,1H3,(H,22,23). The Labute approximate surface area is 124 Å². The van der Waals surface area contributed by atoms with Gasteiger partial charge in [0.1, 0.15) is 0 Å². The lowest BCUT2D eigenvalue weighted by atomic mass is 10.1. The van der Waals surface area contributed by atoms with Gasteiger partial charge in [0, 0.05) is 0 Å². The summed E-state index contributed by atoms with van der Waals surface area (Å²) in [6, 6.07) is 1.27. The number of carboxylic acid groups (broad SMARTS) is 1. The van der Waals surface area contributed by atoms with Gasteiger partial charge in [-0.05, 0) is 25.1 Å². The Kier molecular flexibility index (Phi) is 3.83. The minimum atomic E-state index is -5.25. The van der Waals surface area contributed by atoms with Crippen LogP contribution in [-0.4, -0.2) is 26.1 Å². The van der Waals surface area contributed by atoms with Crippen molar-refractivity contribution in [1.29, 1.82) is 0 Å². The van der Waals surface area contributed by atoms with Gasteiger partial charge in [-0.2, -0.15) is 26.3 Å². The van der Waals surface area contributed by atoms with Crippen LogP contribution in [0.5, 0.6) is 0 Å². The van der Waals surface area contributed by atoms with E-state index in [1.165, 1.54) is 6.92 Å². The zero-order chi connectivity index (χ0) is 17.6. The van der Waals surface area contributed by atoms with Crippen molar-refractivity contribution < 1.29 is 36.2 Å². The van der Waals surface area contributed by atoms with E-state index in [4.69, 9.17) is 5.11 Å². The molecule has 0 aliphatic rings. The van der Waals surface area contributed by atoms with E-state index in [0.29, 0.717) is 0 Å². The summed E-state index contributed by atoms with van der Waals surface area (Å²) < 4.78 is 77.4. The van der Waals surface area contributed by atoms with E-state index < -0.39 is 35.1 Å². The third-order valence-corrected chi connectivity index (χ3v) is 2.96. The highest BCUT2D eigenvalue weighted by atomic mass is 19.4. The number of carbonyl (C=O) groups is 1. The average molecular weight is 339 g/mol. The lowest BCUT2D eigenvalue weighted by molar-refractivity contribution is -0.162. The van der Waals surface area contributed by atoms with Crippen molar-refractivity contribution in [3.63, 3.8) is 0 Å². The molecule has 0 spiro atoms. The van der Waals surface area contributed by atoms with Gasteiger partial charge in [0.15, 0.2) is 5.69 Å². The summed E-state index contributed by atoms with van der Waals surface area (Å²) in [6.07, 6.45) is -10.4. The number of carboxylic acids is 1. The Bertz CT molecular complexity index is 763. The van der Waals surface area contributed by atoms with Gasteiger partial charge in [-0.15, -0.1) is 5.10 Å². The fourth-order valence-corrected chi connectivity index (χ4v) is 1.92. The molecule has 2 aromatic rings. The van der Waals surface area contributed by atoms with Crippen LogP contribution in [0.2, 0.25) is 0 Å². The predicted molar refractivity (Wildman–Crippen MR) is 63.1 cm³/mol. The number of aromatic nitrogens is 3. The van der Waals surface area contributed by atoms with Crippen molar-refractivity contribution in [2.45, 2.75) is 19.3 Å². The van der Waals surface area contributed by atoms with Gasteiger partial charge >= 0.3 is 18.3 Å². The molecular weight excluding hydrogens is 332 g/mol. The average Bonchev–Trinajstić information content (AvgIpc) is 2.78. The zero-order valence-electron chi connectivity index (χ0n) is 11.2.